The first-order valence-corrected chi connectivity index (χ1v) is 4.65. The number of anilines is 1. The topological polar surface area (TPSA) is 87.0 Å². The van der Waals surface area contributed by atoms with E-state index in [1.807, 2.05) is 0 Å². The summed E-state index contributed by atoms with van der Waals surface area (Å²) in [5.41, 5.74) is 7.28. The predicted octanol–water partition coefficient (Wildman–Crippen LogP) is 1.67. The molecule has 6 nitrogen and oxygen atoms in total. The van der Waals surface area contributed by atoms with Gasteiger partial charge in [-0.15, -0.1) is 0 Å². The number of nitrogens with two attached hydrogens (primary N) is 1. The molecule has 0 radical (unpaired) electrons. The molecular formula is C10H10N4O2. The molecule has 0 aliphatic rings. The monoisotopic (exact) mass is 218 g/mol. The number of nitrogens with zero attached hydrogens (tertiary/aromatic N) is 3. The summed E-state index contributed by atoms with van der Waals surface area (Å²) in [6.07, 6.45) is 1.48. The lowest BCUT2D eigenvalue weighted by atomic mass is 10.2. The average molecular weight is 218 g/mol. The molecule has 0 atom stereocenters. The maximum Gasteiger partial charge on any atom is 0.294 e. The van der Waals surface area contributed by atoms with Crippen LogP contribution in [0.25, 0.3) is 5.69 Å². The molecule has 0 unspecified atom stereocenters. The number of hydrogen-bond acceptors (Lipinski definition) is 4. The molecule has 0 bridgehead atoms. The van der Waals surface area contributed by atoms with Gasteiger partial charge in [0.2, 0.25) is 0 Å². The van der Waals surface area contributed by atoms with Crippen LogP contribution < -0.4 is 5.73 Å². The lowest BCUT2D eigenvalue weighted by molar-refractivity contribution is -0.384. The Hall–Kier alpha value is -2.37. The molecule has 6 heteroatoms. The van der Waals surface area contributed by atoms with Crippen LogP contribution in [0.5, 0.6) is 0 Å². The summed E-state index contributed by atoms with van der Waals surface area (Å²) in [5.74, 6) is 0. The largest absolute Gasteiger partial charge is 0.396 e. The van der Waals surface area contributed by atoms with E-state index >= 15 is 0 Å². The Morgan fingerprint density at radius 2 is 2.12 bits per heavy atom. The fraction of sp³-hybridized carbons (Fsp3) is 0.100. The van der Waals surface area contributed by atoms with Gasteiger partial charge in [-0.3, -0.25) is 10.1 Å². The Bertz CT molecular complexity index is 548. The molecule has 1 heterocycles. The zero-order chi connectivity index (χ0) is 11.7. The van der Waals surface area contributed by atoms with Crippen LogP contribution in [0, 0.1) is 17.0 Å². The zero-order valence-corrected chi connectivity index (χ0v) is 8.62. The average Bonchev–Trinajstić information content (AvgIpc) is 2.60. The van der Waals surface area contributed by atoms with Crippen molar-refractivity contribution in [2.45, 2.75) is 6.92 Å². The van der Waals surface area contributed by atoms with Crippen LogP contribution in [0.4, 0.5) is 11.4 Å². The number of nitro groups is 1. The molecule has 0 spiro atoms. The van der Waals surface area contributed by atoms with Gasteiger partial charge in [0.25, 0.3) is 5.69 Å². The number of benzene rings is 1. The number of aromatic nitrogens is 2. The van der Waals surface area contributed by atoms with Crippen LogP contribution in [-0.4, -0.2) is 14.7 Å². The standard InChI is InChI=1S/C10H10N4O2/c1-7-8(11)6-12-13(7)9-4-2-3-5-10(9)14(15)16/h2-6H,11H2,1H3. The summed E-state index contributed by atoms with van der Waals surface area (Å²) >= 11 is 0. The van der Waals surface area contributed by atoms with Crippen LogP contribution in [0.2, 0.25) is 0 Å². The van der Waals surface area contributed by atoms with E-state index in [-0.39, 0.29) is 5.69 Å². The molecule has 82 valence electrons. The highest BCUT2D eigenvalue weighted by molar-refractivity contribution is 5.55. The smallest absolute Gasteiger partial charge is 0.294 e. The van der Waals surface area contributed by atoms with Gasteiger partial charge in [-0.2, -0.15) is 5.10 Å². The highest BCUT2D eigenvalue weighted by Gasteiger charge is 2.16. The van der Waals surface area contributed by atoms with E-state index in [0.29, 0.717) is 17.1 Å². The number of nitro benzene ring substituents is 1. The molecule has 0 aliphatic heterocycles. The maximum absolute atomic E-state index is 10.8. The normalized spacial score (nSPS) is 10.3. The summed E-state index contributed by atoms with van der Waals surface area (Å²) in [5, 5.41) is 14.9. The summed E-state index contributed by atoms with van der Waals surface area (Å²) < 4.78 is 1.47. The van der Waals surface area contributed by atoms with Gasteiger partial charge in [-0.05, 0) is 13.0 Å². The highest BCUT2D eigenvalue weighted by atomic mass is 16.6. The minimum Gasteiger partial charge on any atom is -0.396 e. The van der Waals surface area contributed by atoms with E-state index < -0.39 is 4.92 Å². The van der Waals surface area contributed by atoms with Gasteiger partial charge in [-0.1, -0.05) is 12.1 Å². The summed E-state index contributed by atoms with van der Waals surface area (Å²) in [6, 6.07) is 6.41. The minimum atomic E-state index is -0.438. The quantitative estimate of drug-likeness (QED) is 0.613. The number of nitrogen functional groups attached to an aromatic ring is 1. The van der Waals surface area contributed by atoms with Crippen molar-refractivity contribution >= 4 is 11.4 Å². The Balaban J connectivity index is 2.64. The summed E-state index contributed by atoms with van der Waals surface area (Å²) in [7, 11) is 0. The van der Waals surface area contributed by atoms with Crippen LogP contribution in [0.1, 0.15) is 5.69 Å². The van der Waals surface area contributed by atoms with Crippen molar-refractivity contribution in [2.75, 3.05) is 5.73 Å². The Kier molecular flexibility index (Phi) is 2.32. The van der Waals surface area contributed by atoms with Gasteiger partial charge in [0.1, 0.15) is 5.69 Å². The molecule has 1 aromatic carbocycles. The molecular weight excluding hydrogens is 208 g/mol. The molecule has 16 heavy (non-hydrogen) atoms. The van der Waals surface area contributed by atoms with Gasteiger partial charge in [0.05, 0.1) is 22.5 Å². The Labute approximate surface area is 91.5 Å². The SMILES string of the molecule is Cc1c(N)cnn1-c1ccccc1[N+](=O)[O-]. The molecule has 0 saturated heterocycles. The van der Waals surface area contributed by atoms with Crippen molar-refractivity contribution < 1.29 is 4.92 Å². The fourth-order valence-electron chi connectivity index (χ4n) is 1.46. The van der Waals surface area contributed by atoms with Crippen LogP contribution in [-0.2, 0) is 0 Å². The minimum absolute atomic E-state index is 0.00806. The molecule has 0 saturated carbocycles. The van der Waals surface area contributed by atoms with Crippen LogP contribution in [0.15, 0.2) is 30.5 Å². The zero-order valence-electron chi connectivity index (χ0n) is 8.62. The van der Waals surface area contributed by atoms with Crippen LogP contribution in [0.3, 0.4) is 0 Å². The van der Waals surface area contributed by atoms with Crippen molar-refractivity contribution in [1.82, 2.24) is 9.78 Å². The second-order valence-electron chi connectivity index (χ2n) is 3.34. The summed E-state index contributed by atoms with van der Waals surface area (Å²) in [6.45, 7) is 1.76. The van der Waals surface area contributed by atoms with E-state index in [4.69, 9.17) is 5.73 Å². The highest BCUT2D eigenvalue weighted by Crippen LogP contribution is 2.24. The maximum atomic E-state index is 10.8. The first-order chi connectivity index (χ1) is 7.61. The van der Waals surface area contributed by atoms with Gasteiger partial charge in [0, 0.05) is 6.07 Å². The van der Waals surface area contributed by atoms with Crippen LogP contribution >= 0.6 is 0 Å². The second-order valence-corrected chi connectivity index (χ2v) is 3.34. The van der Waals surface area contributed by atoms with Gasteiger partial charge < -0.3 is 5.73 Å². The Morgan fingerprint density at radius 3 is 2.69 bits per heavy atom. The van der Waals surface area contributed by atoms with Crippen molar-refractivity contribution in [3.05, 3.63) is 46.3 Å². The van der Waals surface area contributed by atoms with Crippen molar-refractivity contribution in [2.24, 2.45) is 0 Å². The molecule has 2 aromatic rings. The third-order valence-electron chi connectivity index (χ3n) is 2.35. The third-order valence-corrected chi connectivity index (χ3v) is 2.35. The number of rotatable bonds is 2. The molecule has 0 fully saturated rings. The predicted molar refractivity (Wildman–Crippen MR) is 59.4 cm³/mol. The third kappa shape index (κ3) is 1.50. The molecule has 0 aliphatic carbocycles. The van der Waals surface area contributed by atoms with E-state index in [1.54, 1.807) is 25.1 Å². The fourth-order valence-corrected chi connectivity index (χ4v) is 1.46. The van der Waals surface area contributed by atoms with Crippen molar-refractivity contribution in [1.29, 1.82) is 0 Å². The number of hydrogen-bond donors (Lipinski definition) is 1. The van der Waals surface area contributed by atoms with Crippen molar-refractivity contribution in [3.8, 4) is 5.69 Å². The van der Waals surface area contributed by atoms with E-state index in [9.17, 15) is 10.1 Å². The second kappa shape index (κ2) is 3.65. The van der Waals surface area contributed by atoms with Gasteiger partial charge >= 0.3 is 0 Å². The summed E-state index contributed by atoms with van der Waals surface area (Å²) in [4.78, 5) is 10.4. The van der Waals surface area contributed by atoms with E-state index in [1.165, 1.54) is 16.9 Å². The van der Waals surface area contributed by atoms with E-state index in [0.717, 1.165) is 0 Å². The lowest BCUT2D eigenvalue weighted by Gasteiger charge is -2.04. The first kappa shape index (κ1) is 10.2. The molecule has 0 amide bonds. The lowest BCUT2D eigenvalue weighted by Crippen LogP contribution is -2.03. The first-order valence-electron chi connectivity index (χ1n) is 4.65. The van der Waals surface area contributed by atoms with Crippen molar-refractivity contribution in [3.63, 3.8) is 0 Å². The van der Waals surface area contributed by atoms with Gasteiger partial charge in [-0.25, -0.2) is 4.68 Å². The molecule has 2 N–H and O–H groups in total. The molecule has 2 rings (SSSR count). The Morgan fingerprint density at radius 1 is 1.44 bits per heavy atom. The number of para-hydroxylation sites is 2. The van der Waals surface area contributed by atoms with E-state index in [2.05, 4.69) is 5.10 Å². The van der Waals surface area contributed by atoms with Gasteiger partial charge in [0.15, 0.2) is 0 Å². The molecule has 1 aromatic heterocycles.